The van der Waals surface area contributed by atoms with E-state index in [9.17, 15) is 14.7 Å². The molecule has 6 nitrogen and oxygen atoms in total. The van der Waals surface area contributed by atoms with Gasteiger partial charge in [0.1, 0.15) is 10.8 Å². The molecule has 1 atom stereocenters. The number of benzene rings is 3. The molecule has 0 bridgehead atoms. The number of thiazole rings is 1. The molecule has 2 amide bonds. The normalized spacial score (nSPS) is 14.6. The lowest BCUT2D eigenvalue weighted by atomic mass is 9.89. The molecule has 0 fully saturated rings. The number of carbonyl (C=O) groups excluding carboxylic acids is 2. The molecule has 5 rings (SSSR count). The van der Waals surface area contributed by atoms with Crippen molar-refractivity contribution in [1.82, 2.24) is 10.3 Å². The number of aromatic nitrogens is 1. The van der Waals surface area contributed by atoms with Crippen molar-refractivity contribution in [3.63, 3.8) is 0 Å². The number of anilines is 1. The Morgan fingerprint density at radius 2 is 1.88 bits per heavy atom. The van der Waals surface area contributed by atoms with Gasteiger partial charge in [-0.25, -0.2) is 4.98 Å². The van der Waals surface area contributed by atoms with E-state index in [-0.39, 0.29) is 23.5 Å². The Morgan fingerprint density at radius 1 is 1.09 bits per heavy atom. The van der Waals surface area contributed by atoms with Crippen molar-refractivity contribution >= 4 is 28.8 Å². The lowest BCUT2D eigenvalue weighted by Gasteiger charge is -2.15. The van der Waals surface area contributed by atoms with Crippen LogP contribution in [0.3, 0.4) is 0 Å². The highest BCUT2D eigenvalue weighted by molar-refractivity contribution is 7.15. The zero-order valence-electron chi connectivity index (χ0n) is 17.8. The molecule has 0 spiro atoms. The van der Waals surface area contributed by atoms with Crippen LogP contribution in [0.5, 0.6) is 5.75 Å². The van der Waals surface area contributed by atoms with Crippen LogP contribution in [0.1, 0.15) is 49.6 Å². The maximum absolute atomic E-state index is 12.8. The number of hydrogen-bond acceptors (Lipinski definition) is 5. The maximum Gasteiger partial charge on any atom is 0.255 e. The molecule has 3 N–H and O–H groups in total. The highest BCUT2D eigenvalue weighted by Gasteiger charge is 2.25. The molecule has 33 heavy (non-hydrogen) atoms. The van der Waals surface area contributed by atoms with Crippen LogP contribution in [-0.2, 0) is 6.54 Å². The van der Waals surface area contributed by atoms with Gasteiger partial charge in [-0.05, 0) is 53.6 Å². The molecule has 4 aromatic rings. The van der Waals surface area contributed by atoms with Crippen LogP contribution >= 0.6 is 11.3 Å². The lowest BCUT2D eigenvalue weighted by Crippen LogP contribution is -2.22. The summed E-state index contributed by atoms with van der Waals surface area (Å²) in [4.78, 5) is 30.9. The van der Waals surface area contributed by atoms with Crippen LogP contribution in [0.25, 0.3) is 10.6 Å². The fourth-order valence-electron chi connectivity index (χ4n) is 4.02. The van der Waals surface area contributed by atoms with E-state index in [2.05, 4.69) is 22.5 Å². The van der Waals surface area contributed by atoms with Gasteiger partial charge in [0.25, 0.3) is 11.8 Å². The second-order valence-electron chi connectivity index (χ2n) is 7.93. The van der Waals surface area contributed by atoms with E-state index >= 15 is 0 Å². The average Bonchev–Trinajstić information content (AvgIpc) is 3.28. The van der Waals surface area contributed by atoms with Crippen LogP contribution in [0.2, 0.25) is 0 Å². The first-order valence-electron chi connectivity index (χ1n) is 10.6. The van der Waals surface area contributed by atoms with E-state index in [4.69, 9.17) is 0 Å². The topological polar surface area (TPSA) is 91.3 Å². The summed E-state index contributed by atoms with van der Waals surface area (Å²) in [6.45, 7) is 2.41. The second kappa shape index (κ2) is 8.52. The van der Waals surface area contributed by atoms with E-state index in [1.807, 2.05) is 30.3 Å². The first-order valence-corrected chi connectivity index (χ1v) is 11.4. The number of nitrogens with zero attached hydrogens (tertiary/aromatic N) is 1. The van der Waals surface area contributed by atoms with Crippen LogP contribution in [0.15, 0.2) is 72.9 Å². The fourth-order valence-corrected chi connectivity index (χ4v) is 4.88. The van der Waals surface area contributed by atoms with Crippen molar-refractivity contribution in [3.8, 4) is 16.3 Å². The number of carbonyl (C=O) groups is 2. The van der Waals surface area contributed by atoms with Crippen molar-refractivity contribution < 1.29 is 14.7 Å². The summed E-state index contributed by atoms with van der Waals surface area (Å²) in [5.74, 6) is -0.151. The Balaban J connectivity index is 1.31. The van der Waals surface area contributed by atoms with Crippen molar-refractivity contribution in [3.05, 3.63) is 100 Å². The highest BCUT2D eigenvalue weighted by atomic mass is 32.1. The number of aromatic hydroxyl groups is 1. The van der Waals surface area contributed by atoms with Crippen LogP contribution < -0.4 is 10.6 Å². The van der Waals surface area contributed by atoms with Gasteiger partial charge >= 0.3 is 0 Å². The van der Waals surface area contributed by atoms with Crippen LogP contribution in [-0.4, -0.2) is 21.9 Å². The predicted molar refractivity (Wildman–Crippen MR) is 129 cm³/mol. The minimum Gasteiger partial charge on any atom is -0.508 e. The van der Waals surface area contributed by atoms with E-state index in [1.165, 1.54) is 11.3 Å². The molecule has 1 unspecified atom stereocenters. The van der Waals surface area contributed by atoms with E-state index < -0.39 is 0 Å². The van der Waals surface area contributed by atoms with Crippen LogP contribution in [0, 0.1) is 0 Å². The Hall–Kier alpha value is -3.97. The van der Waals surface area contributed by atoms with Gasteiger partial charge in [-0.3, -0.25) is 9.59 Å². The van der Waals surface area contributed by atoms with E-state index in [0.29, 0.717) is 23.4 Å². The first-order chi connectivity index (χ1) is 16.0. The van der Waals surface area contributed by atoms with Gasteiger partial charge in [0, 0.05) is 39.4 Å². The monoisotopic (exact) mass is 455 g/mol. The third-order valence-electron chi connectivity index (χ3n) is 5.79. The number of amides is 2. The molecule has 0 saturated carbocycles. The molecule has 1 aromatic heterocycles. The van der Waals surface area contributed by atoms with Crippen LogP contribution in [0.4, 0.5) is 5.69 Å². The molecule has 1 aliphatic heterocycles. The predicted octanol–water partition coefficient (Wildman–Crippen LogP) is 5.16. The van der Waals surface area contributed by atoms with Crippen molar-refractivity contribution in [1.29, 1.82) is 0 Å². The summed E-state index contributed by atoms with van der Waals surface area (Å²) < 4.78 is 0. The number of nitrogens with one attached hydrogen (secondary N) is 2. The zero-order valence-corrected chi connectivity index (χ0v) is 18.6. The minimum absolute atomic E-state index is 0.0303. The third-order valence-corrected chi connectivity index (χ3v) is 6.84. The van der Waals surface area contributed by atoms with E-state index in [0.717, 1.165) is 26.6 Å². The van der Waals surface area contributed by atoms with Crippen molar-refractivity contribution in [2.75, 3.05) is 5.32 Å². The van der Waals surface area contributed by atoms with Gasteiger partial charge in [-0.1, -0.05) is 31.2 Å². The smallest absolute Gasteiger partial charge is 0.255 e. The van der Waals surface area contributed by atoms with Gasteiger partial charge < -0.3 is 15.7 Å². The number of hydrogen-bond donors (Lipinski definition) is 3. The summed E-state index contributed by atoms with van der Waals surface area (Å²) >= 11 is 1.48. The Bertz CT molecular complexity index is 1360. The number of phenolic OH excluding ortho intramolecular Hbond substituents is 1. The summed E-state index contributed by atoms with van der Waals surface area (Å²) in [7, 11) is 0. The number of phenols is 1. The maximum atomic E-state index is 12.8. The summed E-state index contributed by atoms with van der Waals surface area (Å²) in [5.41, 5.74) is 4.65. The molecular weight excluding hydrogens is 434 g/mol. The van der Waals surface area contributed by atoms with Crippen molar-refractivity contribution in [2.24, 2.45) is 0 Å². The summed E-state index contributed by atoms with van der Waals surface area (Å²) in [6, 6.07) is 19.9. The van der Waals surface area contributed by atoms with Crippen molar-refractivity contribution in [2.45, 2.75) is 19.4 Å². The van der Waals surface area contributed by atoms with Gasteiger partial charge in [-0.2, -0.15) is 0 Å². The highest BCUT2D eigenvalue weighted by Crippen LogP contribution is 2.36. The van der Waals surface area contributed by atoms with Gasteiger partial charge in [0.05, 0.1) is 6.54 Å². The molecule has 3 aromatic carbocycles. The molecule has 2 heterocycles. The quantitative estimate of drug-likeness (QED) is 0.396. The summed E-state index contributed by atoms with van der Waals surface area (Å²) in [6.07, 6.45) is 1.74. The Morgan fingerprint density at radius 3 is 2.70 bits per heavy atom. The molecule has 7 heteroatoms. The Kier molecular flexibility index (Phi) is 5.40. The molecule has 164 valence electrons. The SMILES string of the molecule is CC1c2ccc(C(=O)NCc3cnc(-c4ccc(O)cc4)s3)cc2NC(=O)c2ccccc21. The van der Waals surface area contributed by atoms with Gasteiger partial charge in [0.2, 0.25) is 0 Å². The molecule has 0 aliphatic carbocycles. The molecule has 0 saturated heterocycles. The zero-order chi connectivity index (χ0) is 22.9. The lowest BCUT2D eigenvalue weighted by molar-refractivity contribution is 0.0950. The fraction of sp³-hybridized carbons (Fsp3) is 0.115. The molecule has 1 aliphatic rings. The average molecular weight is 456 g/mol. The minimum atomic E-state index is -0.221. The number of rotatable bonds is 4. The third kappa shape index (κ3) is 4.10. The second-order valence-corrected chi connectivity index (χ2v) is 9.04. The van der Waals surface area contributed by atoms with E-state index in [1.54, 1.807) is 42.6 Å². The summed E-state index contributed by atoms with van der Waals surface area (Å²) in [5, 5.41) is 16.1. The van der Waals surface area contributed by atoms with Gasteiger partial charge in [-0.15, -0.1) is 11.3 Å². The first kappa shape index (κ1) is 20.9. The Labute approximate surface area is 194 Å². The largest absolute Gasteiger partial charge is 0.508 e. The van der Waals surface area contributed by atoms with Gasteiger partial charge in [0.15, 0.2) is 0 Å². The molecule has 0 radical (unpaired) electrons. The standard InChI is InChI=1S/C26H21N3O3S/c1-15-20-4-2-3-5-22(20)25(32)29-23-12-17(8-11-21(15)23)24(31)27-13-19-14-28-26(33-19)16-6-9-18(30)10-7-16/h2-12,14-15,30H,13H2,1H3,(H,27,31)(H,29,32). The number of fused-ring (bicyclic) bond motifs is 2. The molecular formula is C26H21N3O3S.